The first-order valence-corrected chi connectivity index (χ1v) is 3.86. The van der Waals surface area contributed by atoms with Gasteiger partial charge in [0.1, 0.15) is 0 Å². The molecule has 0 amide bonds. The Hall–Kier alpha value is -0.290. The van der Waals surface area contributed by atoms with Gasteiger partial charge in [-0.2, -0.15) is 13.2 Å². The van der Waals surface area contributed by atoms with Crippen LogP contribution in [0.5, 0.6) is 0 Å². The van der Waals surface area contributed by atoms with Crippen molar-refractivity contribution in [2.24, 2.45) is 0 Å². The molecule has 2 N–H and O–H groups in total. The van der Waals surface area contributed by atoms with Gasteiger partial charge >= 0.3 is 6.18 Å². The minimum atomic E-state index is -4.09. The maximum atomic E-state index is 11.6. The number of hydrogen-bond acceptors (Lipinski definition) is 2. The second-order valence-corrected chi connectivity index (χ2v) is 2.73. The summed E-state index contributed by atoms with van der Waals surface area (Å²) in [4.78, 5) is 0. The highest BCUT2D eigenvalue weighted by molar-refractivity contribution is 4.61. The molecule has 74 valence electrons. The van der Waals surface area contributed by atoms with Gasteiger partial charge in [-0.15, -0.1) is 0 Å². The van der Waals surface area contributed by atoms with E-state index in [1.165, 1.54) is 0 Å². The van der Waals surface area contributed by atoms with Crippen molar-refractivity contribution in [2.75, 3.05) is 13.2 Å². The zero-order valence-electron chi connectivity index (χ0n) is 6.99. The molecule has 0 heterocycles. The van der Waals surface area contributed by atoms with Gasteiger partial charge in [-0.25, -0.2) is 0 Å². The normalized spacial score (nSPS) is 14.8. The predicted octanol–water partition coefficient (Wildman–Crippen LogP) is 1.30. The summed E-state index contributed by atoms with van der Waals surface area (Å²) in [5.74, 6) is 0. The molecule has 5 heteroatoms. The van der Waals surface area contributed by atoms with Crippen LogP contribution in [-0.4, -0.2) is 30.5 Å². The van der Waals surface area contributed by atoms with Crippen LogP contribution in [0.2, 0.25) is 0 Å². The van der Waals surface area contributed by atoms with E-state index in [0.717, 1.165) is 0 Å². The van der Waals surface area contributed by atoms with Gasteiger partial charge in [0.2, 0.25) is 0 Å². The van der Waals surface area contributed by atoms with Crippen LogP contribution >= 0.6 is 0 Å². The molecule has 0 radical (unpaired) electrons. The largest absolute Gasteiger partial charge is 0.396 e. The van der Waals surface area contributed by atoms with Gasteiger partial charge in [0.15, 0.2) is 0 Å². The molecule has 12 heavy (non-hydrogen) atoms. The monoisotopic (exact) mass is 185 g/mol. The molecule has 0 aliphatic carbocycles. The molecule has 0 aromatic carbocycles. The summed E-state index contributed by atoms with van der Waals surface area (Å²) in [5, 5.41) is 11.1. The van der Waals surface area contributed by atoms with E-state index in [2.05, 4.69) is 5.32 Å². The Morgan fingerprint density at radius 2 is 2.00 bits per heavy atom. The Bertz CT molecular complexity index is 116. The van der Waals surface area contributed by atoms with Gasteiger partial charge < -0.3 is 10.4 Å². The molecule has 0 fully saturated rings. The van der Waals surface area contributed by atoms with Crippen molar-refractivity contribution in [1.82, 2.24) is 5.32 Å². The summed E-state index contributed by atoms with van der Waals surface area (Å²) in [5.41, 5.74) is 0. The minimum absolute atomic E-state index is 0.000183. The van der Waals surface area contributed by atoms with Crippen LogP contribution < -0.4 is 5.32 Å². The van der Waals surface area contributed by atoms with Gasteiger partial charge in [0, 0.05) is 19.2 Å². The van der Waals surface area contributed by atoms with E-state index in [1.807, 2.05) is 0 Å². The lowest BCUT2D eigenvalue weighted by molar-refractivity contribution is -0.133. The van der Waals surface area contributed by atoms with E-state index < -0.39 is 12.6 Å². The van der Waals surface area contributed by atoms with Crippen molar-refractivity contribution in [1.29, 1.82) is 0 Å². The third-order valence-electron chi connectivity index (χ3n) is 1.46. The van der Waals surface area contributed by atoms with E-state index in [0.29, 0.717) is 6.42 Å². The van der Waals surface area contributed by atoms with Gasteiger partial charge in [-0.05, 0) is 13.3 Å². The van der Waals surface area contributed by atoms with Crippen LogP contribution in [0.15, 0.2) is 0 Å². The first-order chi connectivity index (χ1) is 5.45. The average Bonchev–Trinajstić information content (AvgIpc) is 1.84. The Morgan fingerprint density at radius 1 is 1.42 bits per heavy atom. The van der Waals surface area contributed by atoms with E-state index >= 15 is 0 Å². The van der Waals surface area contributed by atoms with Crippen LogP contribution in [0, 0.1) is 0 Å². The van der Waals surface area contributed by atoms with Crippen LogP contribution in [0.4, 0.5) is 13.2 Å². The number of aliphatic hydroxyl groups excluding tert-OH is 1. The zero-order chi connectivity index (χ0) is 9.61. The third-order valence-corrected chi connectivity index (χ3v) is 1.46. The summed E-state index contributed by atoms with van der Waals surface area (Å²) >= 11 is 0. The fourth-order valence-electron chi connectivity index (χ4n) is 0.756. The summed E-state index contributed by atoms with van der Waals surface area (Å²) in [6.07, 6.45) is -4.42. The SMILES string of the molecule is CC(CCO)NCCC(F)(F)F. The molecular weight excluding hydrogens is 171 g/mol. The molecule has 0 bridgehead atoms. The van der Waals surface area contributed by atoms with E-state index in [1.54, 1.807) is 6.92 Å². The van der Waals surface area contributed by atoms with Crippen molar-refractivity contribution in [3.63, 3.8) is 0 Å². The van der Waals surface area contributed by atoms with Gasteiger partial charge in [-0.1, -0.05) is 0 Å². The second kappa shape index (κ2) is 5.37. The number of alkyl halides is 3. The highest BCUT2D eigenvalue weighted by Gasteiger charge is 2.26. The Balaban J connectivity index is 3.31. The zero-order valence-corrected chi connectivity index (χ0v) is 6.99. The summed E-state index contributed by atoms with van der Waals surface area (Å²) in [7, 11) is 0. The highest BCUT2D eigenvalue weighted by Crippen LogP contribution is 2.18. The molecule has 0 aliphatic heterocycles. The van der Waals surface area contributed by atoms with Gasteiger partial charge in [-0.3, -0.25) is 0 Å². The molecule has 0 saturated heterocycles. The fraction of sp³-hybridized carbons (Fsp3) is 1.00. The molecule has 2 nitrogen and oxygen atoms in total. The van der Waals surface area contributed by atoms with Crippen LogP contribution in [0.25, 0.3) is 0 Å². The van der Waals surface area contributed by atoms with E-state index in [9.17, 15) is 13.2 Å². The predicted molar refractivity (Wildman–Crippen MR) is 39.8 cm³/mol. The maximum Gasteiger partial charge on any atom is 0.390 e. The highest BCUT2D eigenvalue weighted by atomic mass is 19.4. The first kappa shape index (κ1) is 11.7. The Labute approximate surface area is 69.8 Å². The Morgan fingerprint density at radius 3 is 2.42 bits per heavy atom. The lowest BCUT2D eigenvalue weighted by Gasteiger charge is -2.12. The number of aliphatic hydroxyl groups is 1. The third kappa shape index (κ3) is 7.81. The molecule has 0 rings (SSSR count). The van der Waals surface area contributed by atoms with Crippen molar-refractivity contribution >= 4 is 0 Å². The van der Waals surface area contributed by atoms with Crippen molar-refractivity contribution < 1.29 is 18.3 Å². The fourth-order valence-corrected chi connectivity index (χ4v) is 0.756. The van der Waals surface area contributed by atoms with Gasteiger partial charge in [0.05, 0.1) is 6.42 Å². The van der Waals surface area contributed by atoms with Crippen LogP contribution in [0.3, 0.4) is 0 Å². The first-order valence-electron chi connectivity index (χ1n) is 3.86. The second-order valence-electron chi connectivity index (χ2n) is 2.73. The smallest absolute Gasteiger partial charge is 0.390 e. The van der Waals surface area contributed by atoms with Gasteiger partial charge in [0.25, 0.3) is 0 Å². The Kier molecular flexibility index (Phi) is 5.24. The summed E-state index contributed by atoms with van der Waals surface area (Å²) in [6.45, 7) is 1.66. The quantitative estimate of drug-likeness (QED) is 0.676. The molecule has 1 unspecified atom stereocenters. The lowest BCUT2D eigenvalue weighted by Crippen LogP contribution is -2.30. The number of halogens is 3. The molecular formula is C7H14F3NO. The van der Waals surface area contributed by atoms with Crippen LogP contribution in [0.1, 0.15) is 19.8 Å². The molecule has 0 aliphatic rings. The van der Waals surface area contributed by atoms with E-state index in [4.69, 9.17) is 5.11 Å². The molecule has 1 atom stereocenters. The number of nitrogens with one attached hydrogen (secondary N) is 1. The van der Waals surface area contributed by atoms with Crippen LogP contribution in [-0.2, 0) is 0 Å². The minimum Gasteiger partial charge on any atom is -0.396 e. The van der Waals surface area contributed by atoms with Crippen molar-refractivity contribution in [2.45, 2.75) is 32.0 Å². The lowest BCUT2D eigenvalue weighted by atomic mass is 10.2. The molecule has 0 saturated carbocycles. The molecule has 0 aromatic heterocycles. The summed E-state index contributed by atoms with van der Waals surface area (Å²) in [6, 6.07) is -0.0580. The average molecular weight is 185 g/mol. The van der Waals surface area contributed by atoms with Crippen molar-refractivity contribution in [3.8, 4) is 0 Å². The van der Waals surface area contributed by atoms with Crippen molar-refractivity contribution in [3.05, 3.63) is 0 Å². The number of rotatable bonds is 5. The summed E-state index contributed by atoms with van der Waals surface area (Å²) < 4.78 is 34.8. The molecule has 0 spiro atoms. The number of hydrogen-bond donors (Lipinski definition) is 2. The standard InChI is InChI=1S/C7H14F3NO/c1-6(2-5-12)11-4-3-7(8,9)10/h6,11-12H,2-5H2,1H3. The van der Waals surface area contributed by atoms with E-state index in [-0.39, 0.29) is 19.2 Å². The molecule has 0 aromatic rings. The topological polar surface area (TPSA) is 32.3 Å². The maximum absolute atomic E-state index is 11.6.